The highest BCUT2D eigenvalue weighted by molar-refractivity contribution is 6.36. The SMILES string of the molecule is Cc1cccc(-n2cc(C(=O)c3cc(Cl)cc(Cl)c3O)cn2)c1. The van der Waals surface area contributed by atoms with E-state index in [9.17, 15) is 9.90 Å². The molecule has 0 unspecified atom stereocenters. The third kappa shape index (κ3) is 3.09. The van der Waals surface area contributed by atoms with Crippen LogP contribution in [0.3, 0.4) is 0 Å². The van der Waals surface area contributed by atoms with Crippen LogP contribution in [0.15, 0.2) is 48.8 Å². The number of carbonyl (C=O) groups is 1. The number of hydrogen-bond donors (Lipinski definition) is 1. The molecule has 1 heterocycles. The molecule has 0 aliphatic heterocycles. The second-order valence-corrected chi connectivity index (χ2v) is 5.97. The van der Waals surface area contributed by atoms with Crippen molar-refractivity contribution in [2.45, 2.75) is 6.92 Å². The summed E-state index contributed by atoms with van der Waals surface area (Å²) in [6, 6.07) is 10.5. The third-order valence-electron chi connectivity index (χ3n) is 3.38. The monoisotopic (exact) mass is 346 g/mol. The van der Waals surface area contributed by atoms with E-state index in [1.165, 1.54) is 18.3 Å². The quantitative estimate of drug-likeness (QED) is 0.714. The first kappa shape index (κ1) is 15.6. The predicted molar refractivity (Wildman–Crippen MR) is 89.9 cm³/mol. The smallest absolute Gasteiger partial charge is 0.200 e. The van der Waals surface area contributed by atoms with Crippen LogP contribution in [0.1, 0.15) is 21.5 Å². The predicted octanol–water partition coefficient (Wildman–Crippen LogP) is 4.42. The molecule has 116 valence electrons. The van der Waals surface area contributed by atoms with Crippen LogP contribution in [-0.2, 0) is 0 Å². The summed E-state index contributed by atoms with van der Waals surface area (Å²) < 4.78 is 1.60. The van der Waals surface area contributed by atoms with Crippen molar-refractivity contribution in [3.05, 3.63) is 75.5 Å². The second-order valence-electron chi connectivity index (χ2n) is 5.13. The Morgan fingerprint density at radius 2 is 2.00 bits per heavy atom. The lowest BCUT2D eigenvalue weighted by atomic mass is 10.1. The van der Waals surface area contributed by atoms with Crippen LogP contribution in [0.4, 0.5) is 0 Å². The van der Waals surface area contributed by atoms with Gasteiger partial charge in [0, 0.05) is 11.2 Å². The summed E-state index contributed by atoms with van der Waals surface area (Å²) in [6.45, 7) is 1.98. The van der Waals surface area contributed by atoms with Gasteiger partial charge in [-0.05, 0) is 36.8 Å². The van der Waals surface area contributed by atoms with Crippen LogP contribution in [0.2, 0.25) is 10.0 Å². The molecule has 0 saturated heterocycles. The molecular formula is C17H12Cl2N2O2. The van der Waals surface area contributed by atoms with Crippen molar-refractivity contribution in [3.8, 4) is 11.4 Å². The number of phenolic OH excluding ortho intramolecular Hbond substituents is 1. The van der Waals surface area contributed by atoms with Gasteiger partial charge >= 0.3 is 0 Å². The number of benzene rings is 2. The number of aromatic hydroxyl groups is 1. The zero-order chi connectivity index (χ0) is 16.6. The molecule has 23 heavy (non-hydrogen) atoms. The highest BCUT2D eigenvalue weighted by atomic mass is 35.5. The van der Waals surface area contributed by atoms with Gasteiger partial charge in [0.15, 0.2) is 5.78 Å². The van der Waals surface area contributed by atoms with Crippen molar-refractivity contribution in [2.24, 2.45) is 0 Å². The summed E-state index contributed by atoms with van der Waals surface area (Å²) in [7, 11) is 0. The van der Waals surface area contributed by atoms with Crippen LogP contribution >= 0.6 is 23.2 Å². The van der Waals surface area contributed by atoms with E-state index >= 15 is 0 Å². The molecule has 4 nitrogen and oxygen atoms in total. The average Bonchev–Trinajstić information content (AvgIpc) is 3.00. The highest BCUT2D eigenvalue weighted by Gasteiger charge is 2.18. The normalized spacial score (nSPS) is 10.7. The minimum Gasteiger partial charge on any atom is -0.506 e. The average molecular weight is 347 g/mol. The van der Waals surface area contributed by atoms with E-state index in [4.69, 9.17) is 23.2 Å². The lowest BCUT2D eigenvalue weighted by Gasteiger charge is -2.05. The molecule has 0 amide bonds. The van der Waals surface area contributed by atoms with Gasteiger partial charge in [-0.25, -0.2) is 4.68 Å². The molecule has 1 N–H and O–H groups in total. The summed E-state index contributed by atoms with van der Waals surface area (Å²) in [5.74, 6) is -0.685. The first-order chi connectivity index (χ1) is 11.0. The Balaban J connectivity index is 1.99. The van der Waals surface area contributed by atoms with Gasteiger partial charge in [-0.2, -0.15) is 5.10 Å². The minimum atomic E-state index is -0.397. The van der Waals surface area contributed by atoms with Crippen molar-refractivity contribution >= 4 is 29.0 Å². The highest BCUT2D eigenvalue weighted by Crippen LogP contribution is 2.32. The first-order valence-electron chi connectivity index (χ1n) is 6.80. The van der Waals surface area contributed by atoms with E-state index in [0.29, 0.717) is 5.56 Å². The second kappa shape index (κ2) is 6.07. The van der Waals surface area contributed by atoms with E-state index in [2.05, 4.69) is 5.10 Å². The Morgan fingerprint density at radius 3 is 2.74 bits per heavy atom. The number of hydrogen-bond acceptors (Lipinski definition) is 3. The first-order valence-corrected chi connectivity index (χ1v) is 7.56. The van der Waals surface area contributed by atoms with E-state index in [0.717, 1.165) is 11.3 Å². The number of rotatable bonds is 3. The Morgan fingerprint density at radius 1 is 1.22 bits per heavy atom. The van der Waals surface area contributed by atoms with Gasteiger partial charge in [-0.3, -0.25) is 4.79 Å². The molecule has 0 aliphatic carbocycles. The van der Waals surface area contributed by atoms with Crippen LogP contribution in [0.25, 0.3) is 5.69 Å². The number of carbonyl (C=O) groups excluding carboxylic acids is 1. The Bertz CT molecular complexity index is 903. The van der Waals surface area contributed by atoms with Gasteiger partial charge < -0.3 is 5.11 Å². The maximum atomic E-state index is 12.6. The Hall–Kier alpha value is -2.30. The Labute approximate surface area is 142 Å². The molecule has 0 radical (unpaired) electrons. The fourth-order valence-electron chi connectivity index (χ4n) is 2.25. The van der Waals surface area contributed by atoms with Crippen LogP contribution < -0.4 is 0 Å². The topological polar surface area (TPSA) is 55.1 Å². The lowest BCUT2D eigenvalue weighted by molar-refractivity contribution is 0.103. The van der Waals surface area contributed by atoms with E-state index in [1.807, 2.05) is 31.2 Å². The van der Waals surface area contributed by atoms with Crippen LogP contribution in [-0.4, -0.2) is 20.7 Å². The van der Waals surface area contributed by atoms with Crippen molar-refractivity contribution in [3.63, 3.8) is 0 Å². The fourth-order valence-corrected chi connectivity index (χ4v) is 2.74. The van der Waals surface area contributed by atoms with Gasteiger partial charge in [-0.15, -0.1) is 0 Å². The molecule has 1 aromatic heterocycles. The summed E-state index contributed by atoms with van der Waals surface area (Å²) in [6.07, 6.45) is 3.05. The number of phenols is 1. The van der Waals surface area contributed by atoms with E-state index < -0.39 is 5.78 Å². The Kier molecular flexibility index (Phi) is 4.11. The minimum absolute atomic E-state index is 0.0342. The van der Waals surface area contributed by atoms with Gasteiger partial charge in [0.1, 0.15) is 5.75 Å². The summed E-state index contributed by atoms with van der Waals surface area (Å²) in [4.78, 5) is 12.6. The molecule has 0 fully saturated rings. The molecule has 6 heteroatoms. The largest absolute Gasteiger partial charge is 0.506 e. The number of aromatic nitrogens is 2. The molecule has 0 aliphatic rings. The molecule has 0 saturated carbocycles. The van der Waals surface area contributed by atoms with Gasteiger partial charge in [0.2, 0.25) is 0 Å². The molecule has 0 atom stereocenters. The van der Waals surface area contributed by atoms with E-state index in [-0.39, 0.29) is 21.4 Å². The molecular weight excluding hydrogens is 335 g/mol. The maximum absolute atomic E-state index is 12.6. The number of aryl methyl sites for hydroxylation is 1. The van der Waals surface area contributed by atoms with Crippen molar-refractivity contribution in [2.75, 3.05) is 0 Å². The number of ketones is 1. The van der Waals surface area contributed by atoms with Crippen LogP contribution in [0, 0.1) is 6.92 Å². The summed E-state index contributed by atoms with van der Waals surface area (Å²) in [5, 5.41) is 14.5. The number of halogens is 2. The van der Waals surface area contributed by atoms with Crippen molar-refractivity contribution in [1.82, 2.24) is 9.78 Å². The molecule has 0 bridgehead atoms. The zero-order valence-corrected chi connectivity index (χ0v) is 13.6. The van der Waals surface area contributed by atoms with Gasteiger partial charge in [0.25, 0.3) is 0 Å². The molecule has 3 rings (SSSR count). The van der Waals surface area contributed by atoms with Crippen LogP contribution in [0.5, 0.6) is 5.75 Å². The van der Waals surface area contributed by atoms with E-state index in [1.54, 1.807) is 10.9 Å². The third-order valence-corrected chi connectivity index (χ3v) is 3.89. The zero-order valence-electron chi connectivity index (χ0n) is 12.1. The summed E-state index contributed by atoms with van der Waals surface area (Å²) >= 11 is 11.8. The van der Waals surface area contributed by atoms with Gasteiger partial charge in [-0.1, -0.05) is 35.3 Å². The van der Waals surface area contributed by atoms with Gasteiger partial charge in [0.05, 0.1) is 28.0 Å². The fraction of sp³-hybridized carbons (Fsp3) is 0.0588. The molecule has 0 spiro atoms. The van der Waals surface area contributed by atoms with Crippen molar-refractivity contribution < 1.29 is 9.90 Å². The molecule has 2 aromatic carbocycles. The summed E-state index contributed by atoms with van der Waals surface area (Å²) in [5.41, 5.74) is 2.31. The standard InChI is InChI=1S/C17H12Cl2N2O2/c1-10-3-2-4-13(5-10)21-9-11(8-20-21)16(22)14-6-12(18)7-15(19)17(14)23/h2-9,23H,1H3. The maximum Gasteiger partial charge on any atom is 0.200 e. The lowest BCUT2D eigenvalue weighted by Crippen LogP contribution is -2.01. The van der Waals surface area contributed by atoms with Crippen molar-refractivity contribution in [1.29, 1.82) is 0 Å². The molecule has 3 aromatic rings. The number of nitrogens with zero attached hydrogens (tertiary/aromatic N) is 2.